The van der Waals surface area contributed by atoms with E-state index in [4.69, 9.17) is 5.73 Å². The van der Waals surface area contributed by atoms with Crippen LogP contribution in [-0.4, -0.2) is 11.0 Å². The van der Waals surface area contributed by atoms with Crippen molar-refractivity contribution in [2.75, 3.05) is 11.1 Å². The van der Waals surface area contributed by atoms with Gasteiger partial charge in [0.05, 0.1) is 11.2 Å². The normalized spacial score (nSPS) is 37.1. The molecule has 20 heavy (non-hydrogen) atoms. The van der Waals surface area contributed by atoms with E-state index in [0.717, 1.165) is 45.9 Å². The molecule has 3 aliphatic carbocycles. The zero-order valence-electron chi connectivity index (χ0n) is 11.4. The van der Waals surface area contributed by atoms with Gasteiger partial charge in [0.2, 0.25) is 0 Å². The molecule has 2 aromatic rings. The molecule has 1 heterocycles. The van der Waals surface area contributed by atoms with Gasteiger partial charge >= 0.3 is 0 Å². The van der Waals surface area contributed by atoms with Crippen LogP contribution in [0.2, 0.25) is 0 Å². The number of nitrogen functional groups attached to an aromatic ring is 1. The van der Waals surface area contributed by atoms with Crippen LogP contribution in [0.5, 0.6) is 0 Å². The van der Waals surface area contributed by atoms with Crippen molar-refractivity contribution >= 4 is 22.3 Å². The number of anilines is 2. The second-order valence-corrected chi connectivity index (χ2v) is 6.76. The Hall–Kier alpha value is -1.77. The van der Waals surface area contributed by atoms with Crippen molar-refractivity contribution < 1.29 is 0 Å². The van der Waals surface area contributed by atoms with Crippen molar-refractivity contribution in [2.24, 2.45) is 23.7 Å². The summed E-state index contributed by atoms with van der Waals surface area (Å²) in [6.07, 6.45) is 6.27. The molecule has 3 nitrogen and oxygen atoms in total. The summed E-state index contributed by atoms with van der Waals surface area (Å²) in [5.74, 6) is 3.86. The second-order valence-electron chi connectivity index (χ2n) is 6.76. The summed E-state index contributed by atoms with van der Waals surface area (Å²) in [6.45, 7) is 0. The van der Waals surface area contributed by atoms with Gasteiger partial charge in [-0.3, -0.25) is 4.98 Å². The zero-order valence-corrected chi connectivity index (χ0v) is 11.4. The number of rotatable bonds is 2. The maximum Gasteiger partial charge on any atom is 0.0953 e. The SMILES string of the molecule is Nc1ccc(NC2C3C4CCC(C4)C23)c2ncccc12. The van der Waals surface area contributed by atoms with Gasteiger partial charge in [0, 0.05) is 23.3 Å². The Bertz CT molecular complexity index is 680. The highest BCUT2D eigenvalue weighted by atomic mass is 15.0. The van der Waals surface area contributed by atoms with E-state index in [-0.39, 0.29) is 0 Å². The number of aromatic nitrogens is 1. The van der Waals surface area contributed by atoms with E-state index in [1.54, 1.807) is 0 Å². The van der Waals surface area contributed by atoms with E-state index in [1.165, 1.54) is 19.3 Å². The summed E-state index contributed by atoms with van der Waals surface area (Å²) >= 11 is 0. The van der Waals surface area contributed by atoms with Crippen molar-refractivity contribution in [3.05, 3.63) is 30.5 Å². The second kappa shape index (κ2) is 3.66. The lowest BCUT2D eigenvalue weighted by Gasteiger charge is -2.14. The Morgan fingerprint density at radius 1 is 1.10 bits per heavy atom. The fourth-order valence-electron chi connectivity index (χ4n) is 5.01. The lowest BCUT2D eigenvalue weighted by molar-refractivity contribution is 0.456. The Balaban J connectivity index is 1.50. The van der Waals surface area contributed by atoms with E-state index in [2.05, 4.69) is 22.4 Å². The number of hydrogen-bond acceptors (Lipinski definition) is 3. The maximum absolute atomic E-state index is 6.05. The maximum atomic E-state index is 6.05. The lowest BCUT2D eigenvalue weighted by atomic mass is 10.0. The molecule has 3 heteroatoms. The summed E-state index contributed by atoms with van der Waals surface area (Å²) < 4.78 is 0. The van der Waals surface area contributed by atoms with Crippen LogP contribution in [-0.2, 0) is 0 Å². The number of fused-ring (bicyclic) bond motifs is 6. The minimum atomic E-state index is 0.690. The molecule has 5 rings (SSSR count). The molecule has 0 spiro atoms. The van der Waals surface area contributed by atoms with Crippen molar-refractivity contribution in [1.29, 1.82) is 0 Å². The van der Waals surface area contributed by atoms with Gasteiger partial charge in [-0.1, -0.05) is 0 Å². The first-order chi connectivity index (χ1) is 9.83. The number of nitrogens with two attached hydrogens (primary N) is 1. The first kappa shape index (κ1) is 11.0. The van der Waals surface area contributed by atoms with Crippen LogP contribution in [0.1, 0.15) is 19.3 Å². The number of hydrogen-bond donors (Lipinski definition) is 2. The van der Waals surface area contributed by atoms with Crippen molar-refractivity contribution in [3.8, 4) is 0 Å². The number of nitrogens with zero attached hydrogens (tertiary/aromatic N) is 1. The molecule has 3 fully saturated rings. The zero-order chi connectivity index (χ0) is 13.3. The minimum absolute atomic E-state index is 0.690. The summed E-state index contributed by atoms with van der Waals surface area (Å²) in [7, 11) is 0. The van der Waals surface area contributed by atoms with Crippen molar-refractivity contribution in [1.82, 2.24) is 4.98 Å². The highest BCUT2D eigenvalue weighted by Crippen LogP contribution is 2.66. The molecule has 102 valence electrons. The molecule has 0 amide bonds. The highest BCUT2D eigenvalue weighted by Gasteiger charge is 2.65. The minimum Gasteiger partial charge on any atom is -0.398 e. The van der Waals surface area contributed by atoms with E-state index in [0.29, 0.717) is 6.04 Å². The Morgan fingerprint density at radius 3 is 2.70 bits per heavy atom. The predicted octanol–water partition coefficient (Wildman–Crippen LogP) is 3.27. The average Bonchev–Trinajstić information content (AvgIpc) is 2.86. The molecule has 2 bridgehead atoms. The molecular weight excluding hydrogens is 246 g/mol. The van der Waals surface area contributed by atoms with Crippen LogP contribution in [0.25, 0.3) is 10.9 Å². The lowest BCUT2D eigenvalue weighted by Crippen LogP contribution is -2.13. The number of nitrogens with one attached hydrogen (secondary N) is 1. The quantitative estimate of drug-likeness (QED) is 0.819. The number of pyridine rings is 1. The molecular formula is C17H19N3. The highest BCUT2D eigenvalue weighted by molar-refractivity contribution is 5.98. The molecule has 3 saturated carbocycles. The van der Waals surface area contributed by atoms with Gasteiger partial charge in [0.15, 0.2) is 0 Å². The third-order valence-electron chi connectivity index (χ3n) is 5.86. The third kappa shape index (κ3) is 1.33. The molecule has 4 unspecified atom stereocenters. The van der Waals surface area contributed by atoms with E-state index < -0.39 is 0 Å². The standard InChI is InChI=1S/C17H19N3/c18-12-5-6-13(16-11(12)2-1-7-19-16)20-17-14-9-3-4-10(8-9)15(14)17/h1-2,5-7,9-10,14-15,17,20H,3-4,8,18H2. The molecule has 4 atom stereocenters. The van der Waals surface area contributed by atoms with Crippen LogP contribution in [0.4, 0.5) is 11.4 Å². The molecule has 0 aliphatic heterocycles. The molecule has 3 aliphatic rings. The molecule has 0 radical (unpaired) electrons. The predicted molar refractivity (Wildman–Crippen MR) is 81.4 cm³/mol. The van der Waals surface area contributed by atoms with E-state index in [1.807, 2.05) is 18.3 Å². The van der Waals surface area contributed by atoms with Crippen LogP contribution >= 0.6 is 0 Å². The first-order valence-electron chi connectivity index (χ1n) is 7.72. The summed E-state index contributed by atoms with van der Waals surface area (Å²) in [6, 6.07) is 8.80. The first-order valence-corrected chi connectivity index (χ1v) is 7.72. The number of benzene rings is 1. The van der Waals surface area contributed by atoms with Crippen molar-refractivity contribution in [2.45, 2.75) is 25.3 Å². The Kier molecular flexibility index (Phi) is 2.00. The fourth-order valence-corrected chi connectivity index (χ4v) is 5.01. The molecule has 1 aromatic heterocycles. The largest absolute Gasteiger partial charge is 0.398 e. The van der Waals surface area contributed by atoms with Gasteiger partial charge in [0.1, 0.15) is 0 Å². The third-order valence-corrected chi connectivity index (χ3v) is 5.86. The van der Waals surface area contributed by atoms with E-state index >= 15 is 0 Å². The van der Waals surface area contributed by atoms with Crippen molar-refractivity contribution in [3.63, 3.8) is 0 Å². The topological polar surface area (TPSA) is 50.9 Å². The van der Waals surface area contributed by atoms with Gasteiger partial charge in [0.25, 0.3) is 0 Å². The van der Waals surface area contributed by atoms with Gasteiger partial charge in [-0.2, -0.15) is 0 Å². The summed E-state index contributed by atoms with van der Waals surface area (Å²) in [4.78, 5) is 4.53. The van der Waals surface area contributed by atoms with Crippen LogP contribution in [0.15, 0.2) is 30.5 Å². The monoisotopic (exact) mass is 265 g/mol. The Morgan fingerprint density at radius 2 is 1.90 bits per heavy atom. The Labute approximate surface area is 118 Å². The molecule has 0 saturated heterocycles. The van der Waals surface area contributed by atoms with Crippen LogP contribution < -0.4 is 11.1 Å². The van der Waals surface area contributed by atoms with Gasteiger partial charge in [-0.15, -0.1) is 0 Å². The molecule has 3 N–H and O–H groups in total. The average molecular weight is 265 g/mol. The fraction of sp³-hybridized carbons (Fsp3) is 0.471. The van der Waals surface area contributed by atoms with E-state index in [9.17, 15) is 0 Å². The van der Waals surface area contributed by atoms with Gasteiger partial charge < -0.3 is 11.1 Å². The van der Waals surface area contributed by atoms with Crippen LogP contribution in [0, 0.1) is 23.7 Å². The van der Waals surface area contributed by atoms with Gasteiger partial charge in [-0.25, -0.2) is 0 Å². The van der Waals surface area contributed by atoms with Gasteiger partial charge in [-0.05, 0) is 67.2 Å². The smallest absolute Gasteiger partial charge is 0.0953 e. The summed E-state index contributed by atoms with van der Waals surface area (Å²) in [5, 5.41) is 4.83. The summed E-state index contributed by atoms with van der Waals surface area (Å²) in [5.41, 5.74) is 9.04. The molecule has 1 aromatic carbocycles. The van der Waals surface area contributed by atoms with Crippen LogP contribution in [0.3, 0.4) is 0 Å².